The molecule has 3 rings (SSSR count). The van der Waals surface area contributed by atoms with Crippen LogP contribution in [0, 0.1) is 0 Å². The molecule has 2 aromatic carbocycles. The third-order valence-corrected chi connectivity index (χ3v) is 4.82. The standard InChI is InChI=1S/C19H20ClN3O4/c20-12-5-6-16-14(11-12)22-17(26)13-3-1-2-4-15(13)23(16)18(27)19(21,7-9-24)8-10-25/h1-6,11,24-25H,7-10,21H2,(H,22,26). The maximum Gasteiger partial charge on any atom is 0.257 e. The first-order valence-electron chi connectivity index (χ1n) is 8.46. The fourth-order valence-electron chi connectivity index (χ4n) is 3.16. The van der Waals surface area contributed by atoms with Gasteiger partial charge in [-0.05, 0) is 43.2 Å². The van der Waals surface area contributed by atoms with Gasteiger partial charge in [0.05, 0.1) is 22.6 Å². The second-order valence-corrected chi connectivity index (χ2v) is 6.81. The number of aliphatic hydroxyl groups is 2. The molecule has 0 unspecified atom stereocenters. The number of rotatable bonds is 5. The Hall–Kier alpha value is -2.45. The van der Waals surface area contributed by atoms with Crippen molar-refractivity contribution in [1.29, 1.82) is 0 Å². The minimum Gasteiger partial charge on any atom is -0.396 e. The number of carbonyl (C=O) groups excluding carboxylic acids is 2. The molecule has 0 spiro atoms. The summed E-state index contributed by atoms with van der Waals surface area (Å²) in [4.78, 5) is 27.5. The van der Waals surface area contributed by atoms with Crippen LogP contribution in [0.4, 0.5) is 17.1 Å². The van der Waals surface area contributed by atoms with Gasteiger partial charge in [-0.15, -0.1) is 0 Å². The number of amides is 2. The van der Waals surface area contributed by atoms with E-state index in [4.69, 9.17) is 17.3 Å². The van der Waals surface area contributed by atoms with Crippen LogP contribution in [0.3, 0.4) is 0 Å². The molecular weight excluding hydrogens is 370 g/mol. The van der Waals surface area contributed by atoms with Crippen molar-refractivity contribution < 1.29 is 19.8 Å². The summed E-state index contributed by atoms with van der Waals surface area (Å²) in [6.07, 6.45) is -0.0648. The molecule has 2 aromatic rings. The molecule has 0 saturated carbocycles. The number of nitrogens with one attached hydrogen (secondary N) is 1. The number of anilines is 3. The highest BCUT2D eigenvalue weighted by atomic mass is 35.5. The topological polar surface area (TPSA) is 116 Å². The molecule has 0 saturated heterocycles. The van der Waals surface area contributed by atoms with Crippen LogP contribution in [-0.4, -0.2) is 40.8 Å². The fourth-order valence-corrected chi connectivity index (χ4v) is 3.33. The highest BCUT2D eigenvalue weighted by Gasteiger charge is 2.40. The maximum absolute atomic E-state index is 13.5. The molecule has 0 radical (unpaired) electrons. The summed E-state index contributed by atoms with van der Waals surface area (Å²) in [5.74, 6) is -0.908. The van der Waals surface area contributed by atoms with E-state index in [2.05, 4.69) is 5.32 Å². The van der Waals surface area contributed by atoms with Gasteiger partial charge in [-0.3, -0.25) is 14.5 Å². The van der Waals surface area contributed by atoms with Crippen molar-refractivity contribution >= 4 is 40.5 Å². The van der Waals surface area contributed by atoms with E-state index in [-0.39, 0.29) is 32.0 Å². The molecule has 142 valence electrons. The van der Waals surface area contributed by atoms with Crippen molar-refractivity contribution in [3.05, 3.63) is 53.1 Å². The van der Waals surface area contributed by atoms with Gasteiger partial charge in [-0.2, -0.15) is 0 Å². The average molecular weight is 390 g/mol. The van der Waals surface area contributed by atoms with Gasteiger partial charge in [0, 0.05) is 18.2 Å². The van der Waals surface area contributed by atoms with Gasteiger partial charge in [-0.25, -0.2) is 0 Å². The molecule has 7 nitrogen and oxygen atoms in total. The average Bonchev–Trinajstić information content (AvgIpc) is 2.75. The number of fused-ring (bicyclic) bond motifs is 2. The zero-order valence-electron chi connectivity index (χ0n) is 14.5. The number of hydrogen-bond donors (Lipinski definition) is 4. The number of carbonyl (C=O) groups is 2. The number of aliphatic hydroxyl groups excluding tert-OH is 2. The lowest BCUT2D eigenvalue weighted by atomic mass is 9.90. The Morgan fingerprint density at radius 3 is 2.44 bits per heavy atom. The molecule has 2 amide bonds. The third-order valence-electron chi connectivity index (χ3n) is 4.58. The van der Waals surface area contributed by atoms with Crippen LogP contribution in [0.5, 0.6) is 0 Å². The van der Waals surface area contributed by atoms with Gasteiger partial charge in [-0.1, -0.05) is 23.7 Å². The Morgan fingerprint density at radius 1 is 1.11 bits per heavy atom. The molecule has 0 aliphatic carbocycles. The van der Waals surface area contributed by atoms with Gasteiger partial charge in [0.2, 0.25) is 0 Å². The molecular formula is C19H20ClN3O4. The maximum atomic E-state index is 13.5. The molecule has 1 aliphatic heterocycles. The van der Waals surface area contributed by atoms with E-state index < -0.39 is 11.4 Å². The van der Waals surface area contributed by atoms with Gasteiger partial charge in [0.15, 0.2) is 0 Å². The normalized spacial score (nSPS) is 13.5. The number of benzene rings is 2. The first kappa shape index (κ1) is 19.3. The SMILES string of the molecule is NC(CCO)(CCO)C(=O)N1c2ccc(Cl)cc2NC(=O)c2ccccc21. The summed E-state index contributed by atoms with van der Waals surface area (Å²) in [6, 6.07) is 11.4. The monoisotopic (exact) mass is 389 g/mol. The molecule has 0 bridgehead atoms. The van der Waals surface area contributed by atoms with Crippen LogP contribution in [0.2, 0.25) is 5.02 Å². The molecule has 0 aromatic heterocycles. The first-order valence-corrected chi connectivity index (χ1v) is 8.84. The Bertz CT molecular complexity index is 881. The van der Waals surface area contributed by atoms with Crippen molar-refractivity contribution in [3.63, 3.8) is 0 Å². The van der Waals surface area contributed by atoms with Crippen molar-refractivity contribution in [2.75, 3.05) is 23.4 Å². The molecule has 1 heterocycles. The number of nitrogens with two attached hydrogens (primary N) is 1. The number of para-hydroxylation sites is 1. The lowest BCUT2D eigenvalue weighted by Gasteiger charge is -2.34. The van der Waals surface area contributed by atoms with E-state index in [0.29, 0.717) is 27.6 Å². The zero-order chi connectivity index (χ0) is 19.6. The summed E-state index contributed by atoms with van der Waals surface area (Å²) < 4.78 is 0. The van der Waals surface area contributed by atoms with Crippen LogP contribution in [-0.2, 0) is 4.79 Å². The van der Waals surface area contributed by atoms with Crippen LogP contribution in [0.15, 0.2) is 42.5 Å². The van der Waals surface area contributed by atoms with Crippen LogP contribution >= 0.6 is 11.6 Å². The highest BCUT2D eigenvalue weighted by molar-refractivity contribution is 6.31. The lowest BCUT2D eigenvalue weighted by molar-refractivity contribution is -0.124. The Kier molecular flexibility index (Phi) is 5.48. The minimum atomic E-state index is -1.50. The number of hydrogen-bond acceptors (Lipinski definition) is 5. The van der Waals surface area contributed by atoms with Crippen molar-refractivity contribution in [2.24, 2.45) is 5.73 Å². The summed E-state index contributed by atoms with van der Waals surface area (Å²) in [7, 11) is 0. The van der Waals surface area contributed by atoms with E-state index in [9.17, 15) is 19.8 Å². The van der Waals surface area contributed by atoms with Gasteiger partial charge in [0.25, 0.3) is 11.8 Å². The van der Waals surface area contributed by atoms with E-state index in [1.54, 1.807) is 42.5 Å². The second kappa shape index (κ2) is 7.66. The van der Waals surface area contributed by atoms with Crippen molar-refractivity contribution in [1.82, 2.24) is 0 Å². The van der Waals surface area contributed by atoms with Gasteiger partial charge >= 0.3 is 0 Å². The predicted molar refractivity (Wildman–Crippen MR) is 103 cm³/mol. The smallest absolute Gasteiger partial charge is 0.257 e. The number of halogens is 1. The molecule has 1 aliphatic rings. The van der Waals surface area contributed by atoms with Crippen molar-refractivity contribution in [3.8, 4) is 0 Å². The Balaban J connectivity index is 2.22. The summed E-state index contributed by atoms with van der Waals surface area (Å²) in [6.45, 7) is -0.634. The van der Waals surface area contributed by atoms with Crippen LogP contribution < -0.4 is 16.0 Å². The minimum absolute atomic E-state index is 0.0324. The largest absolute Gasteiger partial charge is 0.396 e. The van der Waals surface area contributed by atoms with Crippen LogP contribution in [0.1, 0.15) is 23.2 Å². The van der Waals surface area contributed by atoms with E-state index in [1.165, 1.54) is 4.90 Å². The molecule has 5 N–H and O–H groups in total. The van der Waals surface area contributed by atoms with Gasteiger partial charge in [0.1, 0.15) is 5.54 Å². The summed E-state index contributed by atoms with van der Waals surface area (Å²) >= 11 is 6.06. The third kappa shape index (κ3) is 3.54. The summed E-state index contributed by atoms with van der Waals surface area (Å²) in [5, 5.41) is 21.9. The Morgan fingerprint density at radius 2 is 1.78 bits per heavy atom. The molecule has 0 atom stereocenters. The van der Waals surface area contributed by atoms with E-state index in [0.717, 1.165) is 0 Å². The van der Waals surface area contributed by atoms with E-state index in [1.807, 2.05) is 0 Å². The zero-order valence-corrected chi connectivity index (χ0v) is 15.2. The quantitative estimate of drug-likeness (QED) is 0.624. The highest BCUT2D eigenvalue weighted by Crippen LogP contribution is 2.40. The second-order valence-electron chi connectivity index (χ2n) is 6.38. The number of nitrogens with zero attached hydrogens (tertiary/aromatic N) is 1. The Labute approximate surface area is 161 Å². The molecule has 27 heavy (non-hydrogen) atoms. The summed E-state index contributed by atoms with van der Waals surface area (Å²) in [5.41, 5.74) is 6.23. The van der Waals surface area contributed by atoms with Crippen molar-refractivity contribution in [2.45, 2.75) is 18.4 Å². The first-order chi connectivity index (χ1) is 12.9. The molecule has 8 heteroatoms. The van der Waals surface area contributed by atoms with Gasteiger partial charge < -0.3 is 21.3 Å². The lowest BCUT2D eigenvalue weighted by Crippen LogP contribution is -2.55. The van der Waals surface area contributed by atoms with Crippen LogP contribution in [0.25, 0.3) is 0 Å². The molecule has 0 fully saturated rings. The fraction of sp³-hybridized carbons (Fsp3) is 0.263. The predicted octanol–water partition coefficient (Wildman–Crippen LogP) is 2.03. The van der Waals surface area contributed by atoms with E-state index >= 15 is 0 Å².